The number of hydrazone groups is 1. The number of hydrogen-bond donors (Lipinski definition) is 1. The Kier molecular flexibility index (Phi) is 3.42. The van der Waals surface area contributed by atoms with E-state index in [0.717, 1.165) is 25.0 Å². The molecule has 19 heavy (non-hydrogen) atoms. The summed E-state index contributed by atoms with van der Waals surface area (Å²) in [5, 5.41) is 6.19. The standard InChI is InChI=1S/C15H14N2OS/c18-15(14-9-4-10-19-14)17-16-13-8-3-6-11-5-1-2-7-12(11)13/h1-2,4-5,7,9-10H,3,6,8H2,(H,17,18)/b16-13-. The maximum atomic E-state index is 11.9. The van der Waals surface area contributed by atoms with Gasteiger partial charge in [-0.3, -0.25) is 4.79 Å². The van der Waals surface area contributed by atoms with E-state index in [1.54, 1.807) is 6.07 Å². The minimum atomic E-state index is -0.134. The third-order valence-corrected chi connectivity index (χ3v) is 4.09. The number of fused-ring (bicyclic) bond motifs is 1. The Morgan fingerprint density at radius 3 is 2.89 bits per heavy atom. The minimum Gasteiger partial charge on any atom is -0.266 e. The molecule has 0 radical (unpaired) electrons. The van der Waals surface area contributed by atoms with E-state index in [4.69, 9.17) is 0 Å². The summed E-state index contributed by atoms with van der Waals surface area (Å²) >= 11 is 1.42. The molecule has 1 heterocycles. The second-order valence-electron chi connectivity index (χ2n) is 4.49. The van der Waals surface area contributed by atoms with Crippen molar-refractivity contribution < 1.29 is 4.79 Å². The van der Waals surface area contributed by atoms with Crippen LogP contribution >= 0.6 is 11.3 Å². The molecule has 0 spiro atoms. The number of aryl methyl sites for hydroxylation is 1. The summed E-state index contributed by atoms with van der Waals surface area (Å²) in [5.74, 6) is -0.134. The minimum absolute atomic E-state index is 0.134. The fraction of sp³-hybridized carbons (Fsp3) is 0.200. The molecular formula is C15H14N2OS. The highest BCUT2D eigenvalue weighted by atomic mass is 32.1. The van der Waals surface area contributed by atoms with Gasteiger partial charge in [0.1, 0.15) is 0 Å². The van der Waals surface area contributed by atoms with E-state index in [1.165, 1.54) is 22.5 Å². The molecule has 1 aliphatic carbocycles. The summed E-state index contributed by atoms with van der Waals surface area (Å²) in [4.78, 5) is 12.5. The van der Waals surface area contributed by atoms with Gasteiger partial charge in [-0.05, 0) is 36.3 Å². The van der Waals surface area contributed by atoms with Crippen LogP contribution in [-0.2, 0) is 6.42 Å². The number of rotatable bonds is 2. The largest absolute Gasteiger partial charge is 0.281 e. The van der Waals surface area contributed by atoms with Gasteiger partial charge >= 0.3 is 0 Å². The number of hydrogen-bond acceptors (Lipinski definition) is 3. The quantitative estimate of drug-likeness (QED) is 0.836. The summed E-state index contributed by atoms with van der Waals surface area (Å²) in [6.45, 7) is 0. The third kappa shape index (κ3) is 2.58. The first-order valence-electron chi connectivity index (χ1n) is 6.33. The Hall–Kier alpha value is -1.94. The number of amides is 1. The molecule has 1 aromatic carbocycles. The van der Waals surface area contributed by atoms with Crippen molar-refractivity contribution in [1.29, 1.82) is 0 Å². The Morgan fingerprint density at radius 2 is 2.05 bits per heavy atom. The van der Waals surface area contributed by atoms with Gasteiger partial charge in [-0.25, -0.2) is 5.43 Å². The first-order valence-corrected chi connectivity index (χ1v) is 7.21. The molecule has 0 saturated heterocycles. The predicted octanol–water partition coefficient (Wildman–Crippen LogP) is 3.22. The van der Waals surface area contributed by atoms with Crippen molar-refractivity contribution >= 4 is 23.0 Å². The fourth-order valence-corrected chi connectivity index (χ4v) is 2.91. The van der Waals surface area contributed by atoms with E-state index in [0.29, 0.717) is 4.88 Å². The fourth-order valence-electron chi connectivity index (χ4n) is 2.30. The predicted molar refractivity (Wildman–Crippen MR) is 77.7 cm³/mol. The van der Waals surface area contributed by atoms with Gasteiger partial charge in [-0.1, -0.05) is 30.3 Å². The van der Waals surface area contributed by atoms with Crippen LogP contribution in [0, 0.1) is 0 Å². The molecule has 1 aliphatic rings. The number of benzene rings is 1. The van der Waals surface area contributed by atoms with E-state index in [2.05, 4.69) is 22.7 Å². The summed E-state index contributed by atoms with van der Waals surface area (Å²) in [5.41, 5.74) is 6.12. The van der Waals surface area contributed by atoms with Crippen LogP contribution < -0.4 is 5.43 Å². The van der Waals surface area contributed by atoms with E-state index in [-0.39, 0.29) is 5.91 Å². The van der Waals surface area contributed by atoms with Crippen molar-refractivity contribution in [3.8, 4) is 0 Å². The zero-order valence-electron chi connectivity index (χ0n) is 10.4. The summed E-state index contributed by atoms with van der Waals surface area (Å²) in [6, 6.07) is 11.9. The van der Waals surface area contributed by atoms with Gasteiger partial charge < -0.3 is 0 Å². The molecular weight excluding hydrogens is 256 g/mol. The first kappa shape index (κ1) is 12.1. The zero-order valence-corrected chi connectivity index (χ0v) is 11.2. The van der Waals surface area contributed by atoms with Crippen LogP contribution in [-0.4, -0.2) is 11.6 Å². The number of nitrogens with zero attached hydrogens (tertiary/aromatic N) is 1. The molecule has 3 nitrogen and oxygen atoms in total. The van der Waals surface area contributed by atoms with Crippen molar-refractivity contribution in [2.24, 2.45) is 5.10 Å². The highest BCUT2D eigenvalue weighted by Gasteiger charge is 2.15. The maximum Gasteiger partial charge on any atom is 0.281 e. The smallest absolute Gasteiger partial charge is 0.266 e. The van der Waals surface area contributed by atoms with Crippen molar-refractivity contribution in [3.63, 3.8) is 0 Å². The molecule has 0 fully saturated rings. The van der Waals surface area contributed by atoms with Crippen LogP contribution in [0.4, 0.5) is 0 Å². The SMILES string of the molecule is O=C(N/N=C1/CCCc2ccccc21)c1cccs1. The normalized spacial score (nSPS) is 16.1. The summed E-state index contributed by atoms with van der Waals surface area (Å²) < 4.78 is 0. The number of carbonyl (C=O) groups is 1. The van der Waals surface area contributed by atoms with E-state index in [9.17, 15) is 4.79 Å². The van der Waals surface area contributed by atoms with Crippen molar-refractivity contribution in [2.75, 3.05) is 0 Å². The molecule has 1 N–H and O–H groups in total. The zero-order chi connectivity index (χ0) is 13.1. The lowest BCUT2D eigenvalue weighted by atomic mass is 9.90. The third-order valence-electron chi connectivity index (χ3n) is 3.23. The van der Waals surface area contributed by atoms with Gasteiger partial charge in [0.05, 0.1) is 10.6 Å². The number of carbonyl (C=O) groups excluding carboxylic acids is 1. The van der Waals surface area contributed by atoms with Gasteiger partial charge in [0.25, 0.3) is 5.91 Å². The van der Waals surface area contributed by atoms with Crippen molar-refractivity contribution in [2.45, 2.75) is 19.3 Å². The van der Waals surface area contributed by atoms with Crippen molar-refractivity contribution in [3.05, 3.63) is 57.8 Å². The van der Waals surface area contributed by atoms with Crippen LogP contribution in [0.1, 0.15) is 33.6 Å². The molecule has 96 valence electrons. The average Bonchev–Trinajstić information content (AvgIpc) is 2.99. The maximum absolute atomic E-state index is 11.9. The van der Waals surface area contributed by atoms with Gasteiger partial charge in [-0.2, -0.15) is 5.10 Å². The highest BCUT2D eigenvalue weighted by Crippen LogP contribution is 2.21. The van der Waals surface area contributed by atoms with Crippen LogP contribution in [0.15, 0.2) is 46.9 Å². The van der Waals surface area contributed by atoms with E-state index in [1.807, 2.05) is 23.6 Å². The lowest BCUT2D eigenvalue weighted by Crippen LogP contribution is -2.21. The molecule has 0 atom stereocenters. The molecule has 0 saturated carbocycles. The number of nitrogens with one attached hydrogen (secondary N) is 1. The van der Waals surface area contributed by atoms with Crippen LogP contribution in [0.25, 0.3) is 0 Å². The Balaban J connectivity index is 1.80. The average molecular weight is 270 g/mol. The lowest BCUT2D eigenvalue weighted by Gasteiger charge is -2.17. The van der Waals surface area contributed by atoms with Crippen molar-refractivity contribution in [1.82, 2.24) is 5.43 Å². The van der Waals surface area contributed by atoms with Gasteiger partial charge in [0.15, 0.2) is 0 Å². The lowest BCUT2D eigenvalue weighted by molar-refractivity contribution is 0.0959. The van der Waals surface area contributed by atoms with Crippen LogP contribution in [0.5, 0.6) is 0 Å². The Morgan fingerprint density at radius 1 is 1.16 bits per heavy atom. The van der Waals surface area contributed by atoms with E-state index >= 15 is 0 Å². The topological polar surface area (TPSA) is 41.5 Å². The van der Waals surface area contributed by atoms with E-state index < -0.39 is 0 Å². The molecule has 0 bridgehead atoms. The summed E-state index contributed by atoms with van der Waals surface area (Å²) in [6.07, 6.45) is 3.10. The van der Waals surface area contributed by atoms with Gasteiger partial charge in [-0.15, -0.1) is 11.3 Å². The van der Waals surface area contributed by atoms with Crippen LogP contribution in [0.2, 0.25) is 0 Å². The van der Waals surface area contributed by atoms with Crippen LogP contribution in [0.3, 0.4) is 0 Å². The molecule has 2 aromatic rings. The highest BCUT2D eigenvalue weighted by molar-refractivity contribution is 7.12. The second-order valence-corrected chi connectivity index (χ2v) is 5.44. The Bertz CT molecular complexity index is 617. The van der Waals surface area contributed by atoms with Gasteiger partial charge in [0.2, 0.25) is 0 Å². The molecule has 1 amide bonds. The van der Waals surface area contributed by atoms with Gasteiger partial charge in [0, 0.05) is 5.56 Å². The summed E-state index contributed by atoms with van der Waals surface area (Å²) in [7, 11) is 0. The molecule has 3 rings (SSSR count). The number of thiophene rings is 1. The Labute approximate surface area is 116 Å². The molecule has 0 aliphatic heterocycles. The monoisotopic (exact) mass is 270 g/mol. The molecule has 1 aromatic heterocycles. The molecule has 0 unspecified atom stereocenters. The second kappa shape index (κ2) is 5.36. The first-order chi connectivity index (χ1) is 9.34. The molecule has 4 heteroatoms.